The largest absolute Gasteiger partial charge is 0.497 e. The van der Waals surface area contributed by atoms with Gasteiger partial charge in [-0.3, -0.25) is 19.6 Å². The Kier molecular flexibility index (Phi) is 5.29. The minimum Gasteiger partial charge on any atom is -0.497 e. The molecule has 3 heterocycles. The number of nitrogens with one attached hydrogen (secondary N) is 2. The molecule has 0 spiro atoms. The molecule has 1 atom stereocenters. The van der Waals surface area contributed by atoms with Gasteiger partial charge in [0.25, 0.3) is 0 Å². The summed E-state index contributed by atoms with van der Waals surface area (Å²) in [5.74, 6) is 0.712. The van der Waals surface area contributed by atoms with Gasteiger partial charge in [-0.15, -0.1) is 0 Å². The molecule has 2 N–H and O–H groups in total. The highest BCUT2D eigenvalue weighted by Crippen LogP contribution is 2.21. The fraction of sp³-hybridized carbons (Fsp3) is 0.450. The van der Waals surface area contributed by atoms with Gasteiger partial charge in [0, 0.05) is 50.4 Å². The predicted octanol–water partition coefficient (Wildman–Crippen LogP) is 0.694. The SMILES string of the molecule is COc1cccc(CN2CCNC(=O)[C@@H]2CC(=O)N2CCc3[nH]ncc3C2)c1. The first-order valence-electron chi connectivity index (χ1n) is 9.57. The molecule has 1 aromatic heterocycles. The predicted molar refractivity (Wildman–Crippen MR) is 103 cm³/mol. The summed E-state index contributed by atoms with van der Waals surface area (Å²) < 4.78 is 5.29. The second-order valence-corrected chi connectivity index (χ2v) is 7.27. The van der Waals surface area contributed by atoms with Gasteiger partial charge in [-0.2, -0.15) is 5.10 Å². The van der Waals surface area contributed by atoms with Crippen molar-refractivity contribution in [2.24, 2.45) is 0 Å². The zero-order valence-electron chi connectivity index (χ0n) is 16.0. The van der Waals surface area contributed by atoms with Crippen LogP contribution in [0.1, 0.15) is 23.2 Å². The van der Waals surface area contributed by atoms with E-state index in [9.17, 15) is 9.59 Å². The number of rotatable bonds is 5. The summed E-state index contributed by atoms with van der Waals surface area (Å²) in [7, 11) is 1.64. The number of carbonyl (C=O) groups is 2. The van der Waals surface area contributed by atoms with Gasteiger partial charge in [0.05, 0.1) is 25.8 Å². The van der Waals surface area contributed by atoms with Gasteiger partial charge in [-0.25, -0.2) is 0 Å². The molecule has 8 nitrogen and oxygen atoms in total. The highest BCUT2D eigenvalue weighted by Gasteiger charge is 2.33. The Morgan fingerprint density at radius 3 is 3.11 bits per heavy atom. The van der Waals surface area contributed by atoms with E-state index in [1.54, 1.807) is 13.3 Å². The third kappa shape index (κ3) is 3.87. The molecule has 8 heteroatoms. The molecule has 2 amide bonds. The number of nitrogens with zero attached hydrogens (tertiary/aromatic N) is 3. The zero-order chi connectivity index (χ0) is 19.5. The lowest BCUT2D eigenvalue weighted by molar-refractivity contribution is -0.139. The monoisotopic (exact) mass is 383 g/mol. The Balaban J connectivity index is 1.44. The van der Waals surface area contributed by atoms with Gasteiger partial charge in [-0.05, 0) is 17.7 Å². The van der Waals surface area contributed by atoms with Gasteiger partial charge >= 0.3 is 0 Å². The Morgan fingerprint density at radius 2 is 2.25 bits per heavy atom. The number of hydrogen-bond acceptors (Lipinski definition) is 5. The molecule has 148 valence electrons. The van der Waals surface area contributed by atoms with Crippen LogP contribution in [-0.2, 0) is 29.1 Å². The van der Waals surface area contributed by atoms with Crippen LogP contribution in [0.25, 0.3) is 0 Å². The molecule has 2 aliphatic heterocycles. The van der Waals surface area contributed by atoms with E-state index in [1.165, 1.54) is 0 Å². The summed E-state index contributed by atoms with van der Waals surface area (Å²) in [4.78, 5) is 29.3. The van der Waals surface area contributed by atoms with Crippen molar-refractivity contribution in [2.45, 2.75) is 32.0 Å². The smallest absolute Gasteiger partial charge is 0.237 e. The van der Waals surface area contributed by atoms with E-state index in [1.807, 2.05) is 29.2 Å². The van der Waals surface area contributed by atoms with Crippen LogP contribution in [0.15, 0.2) is 30.5 Å². The third-order valence-corrected chi connectivity index (χ3v) is 5.48. The Labute approximate surface area is 163 Å². The van der Waals surface area contributed by atoms with Crippen molar-refractivity contribution in [1.82, 2.24) is 25.3 Å². The zero-order valence-corrected chi connectivity index (χ0v) is 16.0. The van der Waals surface area contributed by atoms with Crippen molar-refractivity contribution in [1.29, 1.82) is 0 Å². The number of benzene rings is 1. The number of amides is 2. The van der Waals surface area contributed by atoms with Crippen LogP contribution in [0.2, 0.25) is 0 Å². The molecule has 28 heavy (non-hydrogen) atoms. The molecule has 1 fully saturated rings. The molecule has 1 saturated heterocycles. The maximum Gasteiger partial charge on any atom is 0.237 e. The number of hydrogen-bond donors (Lipinski definition) is 2. The standard InChI is InChI=1S/C20H25N5O3/c1-28-16-4-2-3-14(9-16)12-24-8-6-21-20(27)18(24)10-19(26)25-7-5-17-15(13-25)11-22-23-17/h2-4,9,11,18H,5-8,10,12-13H2,1H3,(H,21,27)(H,22,23)/t18-/m0/s1. The van der Waals surface area contributed by atoms with Gasteiger partial charge in [-0.1, -0.05) is 12.1 Å². The molecule has 0 radical (unpaired) electrons. The lowest BCUT2D eigenvalue weighted by Crippen LogP contribution is -2.56. The van der Waals surface area contributed by atoms with Gasteiger partial charge < -0.3 is 15.0 Å². The first-order chi connectivity index (χ1) is 13.6. The highest BCUT2D eigenvalue weighted by atomic mass is 16.5. The summed E-state index contributed by atoms with van der Waals surface area (Å²) in [6, 6.07) is 7.36. The minimum atomic E-state index is -0.460. The number of ether oxygens (including phenoxy) is 1. The Bertz CT molecular complexity index is 865. The Hall–Kier alpha value is -2.87. The molecule has 1 aromatic carbocycles. The van der Waals surface area contributed by atoms with E-state index in [0.29, 0.717) is 32.7 Å². The van der Waals surface area contributed by atoms with Crippen molar-refractivity contribution >= 4 is 11.8 Å². The molecule has 0 unspecified atom stereocenters. The molecular weight excluding hydrogens is 358 g/mol. The summed E-state index contributed by atoms with van der Waals surface area (Å²) in [5, 5.41) is 9.93. The second kappa shape index (κ2) is 8.02. The number of aromatic amines is 1. The van der Waals surface area contributed by atoms with Gasteiger partial charge in [0.15, 0.2) is 0 Å². The fourth-order valence-electron chi connectivity index (χ4n) is 3.91. The number of H-pyrrole nitrogens is 1. The number of carbonyl (C=O) groups excluding carboxylic acids is 2. The molecule has 0 saturated carbocycles. The van der Waals surface area contributed by atoms with Crippen molar-refractivity contribution in [3.8, 4) is 5.75 Å². The normalized spacial score (nSPS) is 19.8. The summed E-state index contributed by atoms with van der Waals surface area (Å²) in [6.07, 6.45) is 2.73. The highest BCUT2D eigenvalue weighted by molar-refractivity contribution is 5.89. The van der Waals surface area contributed by atoms with Crippen LogP contribution in [0.3, 0.4) is 0 Å². The van der Waals surface area contributed by atoms with Gasteiger partial charge in [0.1, 0.15) is 5.75 Å². The topological polar surface area (TPSA) is 90.6 Å². The van der Waals surface area contributed by atoms with Crippen molar-refractivity contribution in [3.05, 3.63) is 47.3 Å². The number of methoxy groups -OCH3 is 1. The summed E-state index contributed by atoms with van der Waals surface area (Å²) >= 11 is 0. The lowest BCUT2D eigenvalue weighted by atomic mass is 10.0. The summed E-state index contributed by atoms with van der Waals surface area (Å²) in [5.41, 5.74) is 3.22. The quantitative estimate of drug-likeness (QED) is 0.793. The molecular formula is C20H25N5O3. The Morgan fingerprint density at radius 1 is 1.36 bits per heavy atom. The van der Waals surface area contributed by atoms with Crippen LogP contribution in [-0.4, -0.2) is 64.6 Å². The number of piperazine rings is 1. The van der Waals surface area contributed by atoms with Crippen molar-refractivity contribution < 1.29 is 14.3 Å². The van der Waals surface area contributed by atoms with Crippen LogP contribution in [0, 0.1) is 0 Å². The second-order valence-electron chi connectivity index (χ2n) is 7.27. The van der Waals surface area contributed by atoms with E-state index in [2.05, 4.69) is 20.4 Å². The first kappa shape index (κ1) is 18.5. The average molecular weight is 383 g/mol. The van der Waals surface area contributed by atoms with E-state index in [0.717, 1.165) is 29.0 Å². The van der Waals surface area contributed by atoms with Gasteiger partial charge in [0.2, 0.25) is 11.8 Å². The maximum absolute atomic E-state index is 12.9. The van der Waals surface area contributed by atoms with Crippen LogP contribution in [0.4, 0.5) is 0 Å². The number of aromatic nitrogens is 2. The molecule has 0 aliphatic carbocycles. The molecule has 2 aliphatic rings. The maximum atomic E-state index is 12.9. The average Bonchev–Trinajstić information content (AvgIpc) is 3.18. The number of fused-ring (bicyclic) bond motifs is 1. The summed E-state index contributed by atoms with van der Waals surface area (Å²) in [6.45, 7) is 3.12. The minimum absolute atomic E-state index is 0.00421. The molecule has 0 bridgehead atoms. The first-order valence-corrected chi connectivity index (χ1v) is 9.57. The van der Waals surface area contributed by atoms with Crippen molar-refractivity contribution in [2.75, 3.05) is 26.7 Å². The van der Waals surface area contributed by atoms with E-state index < -0.39 is 6.04 Å². The third-order valence-electron chi connectivity index (χ3n) is 5.48. The fourth-order valence-corrected chi connectivity index (χ4v) is 3.91. The lowest BCUT2D eigenvalue weighted by Gasteiger charge is -2.36. The van der Waals surface area contributed by atoms with Crippen LogP contribution < -0.4 is 10.1 Å². The van der Waals surface area contributed by atoms with E-state index in [4.69, 9.17) is 4.74 Å². The van der Waals surface area contributed by atoms with Crippen molar-refractivity contribution in [3.63, 3.8) is 0 Å². The van der Waals surface area contributed by atoms with E-state index >= 15 is 0 Å². The van der Waals surface area contributed by atoms with Crippen LogP contribution >= 0.6 is 0 Å². The molecule has 4 rings (SSSR count). The molecule has 2 aromatic rings. The van der Waals surface area contributed by atoms with Crippen LogP contribution in [0.5, 0.6) is 5.75 Å². The van der Waals surface area contributed by atoms with E-state index in [-0.39, 0.29) is 18.2 Å².